The molecule has 112 valence electrons. The molecule has 1 aromatic carbocycles. The molecule has 2 heteroatoms. The van der Waals surface area contributed by atoms with Crippen LogP contribution >= 0.6 is 0 Å². The number of rotatable bonds is 7. The molecule has 2 N–H and O–H groups in total. The molecule has 0 heterocycles. The lowest BCUT2D eigenvalue weighted by Crippen LogP contribution is -2.58. The highest BCUT2D eigenvalue weighted by molar-refractivity contribution is 5.36. The van der Waals surface area contributed by atoms with Crippen LogP contribution in [0.15, 0.2) is 24.3 Å². The average molecular weight is 274 g/mol. The number of fused-ring (bicyclic) bond motifs is 1. The van der Waals surface area contributed by atoms with Crippen LogP contribution < -0.4 is 5.73 Å². The van der Waals surface area contributed by atoms with E-state index in [2.05, 4.69) is 49.9 Å². The van der Waals surface area contributed by atoms with Crippen molar-refractivity contribution in [2.75, 3.05) is 13.1 Å². The largest absolute Gasteiger partial charge is 0.329 e. The molecule has 1 aliphatic carbocycles. The molecular weight excluding hydrogens is 244 g/mol. The van der Waals surface area contributed by atoms with Gasteiger partial charge in [0.25, 0.3) is 0 Å². The molecule has 0 spiro atoms. The molecule has 1 unspecified atom stereocenters. The molecule has 0 saturated carbocycles. The predicted octanol–water partition coefficient (Wildman–Crippen LogP) is 3.38. The van der Waals surface area contributed by atoms with Crippen LogP contribution in [0.1, 0.15) is 51.2 Å². The van der Waals surface area contributed by atoms with Gasteiger partial charge < -0.3 is 5.73 Å². The van der Waals surface area contributed by atoms with E-state index < -0.39 is 0 Å². The number of nitrogens with two attached hydrogens (primary N) is 1. The van der Waals surface area contributed by atoms with Gasteiger partial charge in [-0.1, -0.05) is 44.5 Å². The van der Waals surface area contributed by atoms with Gasteiger partial charge in [0.05, 0.1) is 0 Å². The first kappa shape index (κ1) is 15.5. The van der Waals surface area contributed by atoms with Gasteiger partial charge in [0.2, 0.25) is 0 Å². The van der Waals surface area contributed by atoms with E-state index in [0.717, 1.165) is 19.4 Å². The molecular formula is C18H30N2. The van der Waals surface area contributed by atoms with Crippen molar-refractivity contribution in [2.45, 2.75) is 64.5 Å². The third-order valence-corrected chi connectivity index (χ3v) is 5.02. The van der Waals surface area contributed by atoms with Crippen LogP contribution in [0.4, 0.5) is 0 Å². The van der Waals surface area contributed by atoms with Crippen LogP contribution in [0.3, 0.4) is 0 Å². The molecule has 1 aliphatic rings. The van der Waals surface area contributed by atoms with Crippen LogP contribution in [-0.4, -0.2) is 29.6 Å². The molecule has 1 atom stereocenters. The summed E-state index contributed by atoms with van der Waals surface area (Å²) in [4.78, 5) is 2.70. The van der Waals surface area contributed by atoms with E-state index in [1.165, 1.54) is 36.9 Å². The van der Waals surface area contributed by atoms with Crippen LogP contribution in [-0.2, 0) is 12.8 Å². The van der Waals surface area contributed by atoms with Gasteiger partial charge in [0, 0.05) is 18.1 Å². The maximum atomic E-state index is 6.27. The zero-order valence-corrected chi connectivity index (χ0v) is 13.4. The van der Waals surface area contributed by atoms with Gasteiger partial charge >= 0.3 is 0 Å². The second kappa shape index (κ2) is 6.73. The monoisotopic (exact) mass is 274 g/mol. The molecule has 0 radical (unpaired) electrons. The highest BCUT2D eigenvalue weighted by Crippen LogP contribution is 2.35. The first-order valence-corrected chi connectivity index (χ1v) is 8.20. The van der Waals surface area contributed by atoms with Crippen molar-refractivity contribution in [3.63, 3.8) is 0 Å². The Morgan fingerprint density at radius 1 is 1.20 bits per heavy atom. The number of hydrogen-bond acceptors (Lipinski definition) is 2. The third kappa shape index (κ3) is 2.91. The molecule has 20 heavy (non-hydrogen) atoms. The van der Waals surface area contributed by atoms with Crippen LogP contribution in [0.5, 0.6) is 0 Å². The van der Waals surface area contributed by atoms with Gasteiger partial charge in [-0.3, -0.25) is 4.90 Å². The lowest BCUT2D eigenvalue weighted by atomic mass is 9.90. The minimum atomic E-state index is 0.147. The quantitative estimate of drug-likeness (QED) is 0.826. The summed E-state index contributed by atoms with van der Waals surface area (Å²) >= 11 is 0. The highest BCUT2D eigenvalue weighted by Gasteiger charge is 2.42. The Morgan fingerprint density at radius 2 is 1.80 bits per heavy atom. The molecule has 0 aliphatic heterocycles. The zero-order chi connectivity index (χ0) is 14.6. The van der Waals surface area contributed by atoms with Crippen molar-refractivity contribution >= 4 is 0 Å². The molecule has 0 fully saturated rings. The van der Waals surface area contributed by atoms with Crippen molar-refractivity contribution in [1.29, 1.82) is 0 Å². The normalized spacial score (nSPS) is 18.2. The number of nitrogens with zero attached hydrogens (tertiary/aromatic N) is 1. The maximum Gasteiger partial charge on any atom is 0.0415 e. The Kier molecular flexibility index (Phi) is 5.22. The minimum Gasteiger partial charge on any atom is -0.329 e. The molecule has 0 saturated heterocycles. The Labute approximate surface area is 124 Å². The minimum absolute atomic E-state index is 0.147. The summed E-state index contributed by atoms with van der Waals surface area (Å²) in [5.41, 5.74) is 9.42. The van der Waals surface area contributed by atoms with Crippen molar-refractivity contribution in [2.24, 2.45) is 5.73 Å². The van der Waals surface area contributed by atoms with Gasteiger partial charge in [0.1, 0.15) is 0 Å². The Morgan fingerprint density at radius 3 is 2.25 bits per heavy atom. The van der Waals surface area contributed by atoms with Crippen LogP contribution in [0.25, 0.3) is 0 Å². The second-order valence-electron chi connectivity index (χ2n) is 6.35. The number of hydrogen-bond donors (Lipinski definition) is 1. The van der Waals surface area contributed by atoms with Gasteiger partial charge in [-0.25, -0.2) is 0 Å². The van der Waals surface area contributed by atoms with E-state index in [4.69, 9.17) is 5.73 Å². The van der Waals surface area contributed by atoms with Gasteiger partial charge in [-0.15, -0.1) is 0 Å². The summed E-state index contributed by atoms with van der Waals surface area (Å²) < 4.78 is 0. The molecule has 0 amide bonds. The number of benzene rings is 1. The average Bonchev–Trinajstić information content (AvgIpc) is 2.86. The van der Waals surface area contributed by atoms with E-state index in [9.17, 15) is 0 Å². The fraction of sp³-hybridized carbons (Fsp3) is 0.667. The molecule has 2 nitrogen and oxygen atoms in total. The van der Waals surface area contributed by atoms with E-state index in [1.54, 1.807) is 0 Å². The summed E-state index contributed by atoms with van der Waals surface area (Å²) in [6.07, 6.45) is 5.95. The number of unbranched alkanes of at least 4 members (excludes halogenated alkanes) is 1. The molecule has 1 aromatic rings. The SMILES string of the molecule is CCCCN(C(C)CC)C1(CN)Cc2ccccc2C1. The van der Waals surface area contributed by atoms with Gasteiger partial charge in [-0.05, 0) is 50.3 Å². The van der Waals surface area contributed by atoms with Crippen molar-refractivity contribution in [1.82, 2.24) is 4.90 Å². The van der Waals surface area contributed by atoms with Crippen molar-refractivity contribution in [3.8, 4) is 0 Å². The fourth-order valence-electron chi connectivity index (χ4n) is 3.61. The summed E-state index contributed by atoms with van der Waals surface area (Å²) in [5, 5.41) is 0. The second-order valence-corrected chi connectivity index (χ2v) is 6.35. The maximum absolute atomic E-state index is 6.27. The third-order valence-electron chi connectivity index (χ3n) is 5.02. The summed E-state index contributed by atoms with van der Waals surface area (Å²) in [6, 6.07) is 9.48. The summed E-state index contributed by atoms with van der Waals surface area (Å²) in [5.74, 6) is 0. The predicted molar refractivity (Wildman–Crippen MR) is 87.0 cm³/mol. The van der Waals surface area contributed by atoms with Gasteiger partial charge in [0.15, 0.2) is 0 Å². The van der Waals surface area contributed by atoms with Crippen LogP contribution in [0.2, 0.25) is 0 Å². The Hall–Kier alpha value is -0.860. The topological polar surface area (TPSA) is 29.3 Å². The van der Waals surface area contributed by atoms with Gasteiger partial charge in [-0.2, -0.15) is 0 Å². The molecule has 2 rings (SSSR count). The summed E-state index contributed by atoms with van der Waals surface area (Å²) in [6.45, 7) is 8.85. The van der Waals surface area contributed by atoms with E-state index in [1.807, 2.05) is 0 Å². The van der Waals surface area contributed by atoms with Crippen LogP contribution in [0, 0.1) is 0 Å². The lowest BCUT2D eigenvalue weighted by Gasteiger charge is -2.44. The molecule has 0 bridgehead atoms. The Bertz CT molecular complexity index is 402. The van der Waals surface area contributed by atoms with Crippen molar-refractivity contribution in [3.05, 3.63) is 35.4 Å². The first-order valence-electron chi connectivity index (χ1n) is 8.20. The van der Waals surface area contributed by atoms with Crippen molar-refractivity contribution < 1.29 is 0 Å². The van der Waals surface area contributed by atoms with E-state index >= 15 is 0 Å². The first-order chi connectivity index (χ1) is 9.66. The smallest absolute Gasteiger partial charge is 0.0415 e. The van der Waals surface area contributed by atoms with E-state index in [-0.39, 0.29) is 5.54 Å². The highest BCUT2D eigenvalue weighted by atomic mass is 15.2. The molecule has 0 aromatic heterocycles. The Balaban J connectivity index is 2.25. The van der Waals surface area contributed by atoms with E-state index in [0.29, 0.717) is 6.04 Å². The lowest BCUT2D eigenvalue weighted by molar-refractivity contribution is 0.0579. The summed E-state index contributed by atoms with van der Waals surface area (Å²) in [7, 11) is 0. The zero-order valence-electron chi connectivity index (χ0n) is 13.4. The standard InChI is InChI=1S/C18H30N2/c1-4-6-11-20(15(3)5-2)18(14-19)12-16-9-7-8-10-17(16)13-18/h7-10,15H,4-6,11-14,19H2,1-3H3. The fourth-order valence-corrected chi connectivity index (χ4v) is 3.61.